The Morgan fingerprint density at radius 1 is 1.23 bits per heavy atom. The van der Waals surface area contributed by atoms with Gasteiger partial charge in [0.2, 0.25) is 0 Å². The molecule has 0 aliphatic rings. The number of hydrogen-bond acceptors (Lipinski definition) is 7. The summed E-state index contributed by atoms with van der Waals surface area (Å²) >= 11 is 0.279. The number of hydrogen-bond donors (Lipinski definition) is 1. The number of ether oxygens (including phenoxy) is 2. The molecule has 7 nitrogen and oxygen atoms in total. The molecule has 1 aromatic rings. The summed E-state index contributed by atoms with van der Waals surface area (Å²) < 4.78 is 34.7. The van der Waals surface area contributed by atoms with Gasteiger partial charge in [-0.15, -0.1) is 0 Å². The summed E-state index contributed by atoms with van der Waals surface area (Å²) in [5.41, 5.74) is 1.79. The van der Waals surface area contributed by atoms with E-state index >= 15 is 0 Å². The van der Waals surface area contributed by atoms with Crippen LogP contribution in [0.4, 0.5) is 8.78 Å². The number of alkyl halides is 2. The zero-order chi connectivity index (χ0) is 19.7. The van der Waals surface area contributed by atoms with E-state index in [9.17, 15) is 18.4 Å². The lowest BCUT2D eigenvalue weighted by molar-refractivity contribution is -0.154. The van der Waals surface area contributed by atoms with Crippen LogP contribution in [-0.4, -0.2) is 54.0 Å². The minimum Gasteiger partial charge on any atom is -0.453 e. The van der Waals surface area contributed by atoms with Gasteiger partial charge in [-0.1, -0.05) is 0 Å². The second kappa shape index (κ2) is 11.0. The molecule has 146 valence electrons. The highest BCUT2D eigenvalue weighted by Gasteiger charge is 2.19. The lowest BCUT2D eigenvalue weighted by Gasteiger charge is -2.14. The van der Waals surface area contributed by atoms with Crippen molar-refractivity contribution in [3.63, 3.8) is 0 Å². The number of amides is 1. The van der Waals surface area contributed by atoms with Gasteiger partial charge in [0.15, 0.2) is 11.3 Å². The molecule has 0 saturated carbocycles. The number of nitrogens with one attached hydrogen (secondary N) is 1. The van der Waals surface area contributed by atoms with E-state index in [0.29, 0.717) is 36.5 Å². The highest BCUT2D eigenvalue weighted by molar-refractivity contribution is 7.99. The Hall–Kier alpha value is -1.81. The maximum Gasteiger partial charge on any atom is 0.306 e. The molecule has 26 heavy (non-hydrogen) atoms. The normalized spacial score (nSPS) is 12.1. The molecule has 10 heteroatoms. The molecule has 1 atom stereocenters. The van der Waals surface area contributed by atoms with Crippen molar-refractivity contribution in [2.45, 2.75) is 50.6 Å². The van der Waals surface area contributed by atoms with Gasteiger partial charge in [0, 0.05) is 31.5 Å². The van der Waals surface area contributed by atoms with E-state index in [1.165, 1.54) is 14.0 Å². The lowest BCUT2D eigenvalue weighted by atomic mass is 10.1. The van der Waals surface area contributed by atoms with Gasteiger partial charge in [0.1, 0.15) is 0 Å². The lowest BCUT2D eigenvalue weighted by Crippen LogP contribution is -2.37. The number of methoxy groups -OCH3 is 1. The Kier molecular flexibility index (Phi) is 9.42. The third kappa shape index (κ3) is 7.61. The maximum atomic E-state index is 12.4. The molecular weight excluding hydrogens is 368 g/mol. The van der Waals surface area contributed by atoms with Crippen LogP contribution >= 0.6 is 11.8 Å². The molecule has 1 amide bonds. The number of halogens is 2. The molecule has 0 unspecified atom stereocenters. The smallest absolute Gasteiger partial charge is 0.306 e. The predicted molar refractivity (Wildman–Crippen MR) is 92.1 cm³/mol. The van der Waals surface area contributed by atoms with Gasteiger partial charge >= 0.3 is 5.97 Å². The second-order valence-corrected chi connectivity index (χ2v) is 6.41. The summed E-state index contributed by atoms with van der Waals surface area (Å²) in [4.78, 5) is 31.7. The predicted octanol–water partition coefficient (Wildman–Crippen LogP) is 2.04. The van der Waals surface area contributed by atoms with Gasteiger partial charge in [-0.3, -0.25) is 9.59 Å². The van der Waals surface area contributed by atoms with E-state index in [1.807, 2.05) is 0 Å². The van der Waals surface area contributed by atoms with Crippen LogP contribution in [0.1, 0.15) is 30.3 Å². The molecule has 0 saturated heterocycles. The van der Waals surface area contributed by atoms with Crippen LogP contribution < -0.4 is 5.32 Å². The van der Waals surface area contributed by atoms with Gasteiger partial charge in [-0.25, -0.2) is 9.97 Å². The van der Waals surface area contributed by atoms with Crippen LogP contribution in [0.15, 0.2) is 5.16 Å². The van der Waals surface area contributed by atoms with Gasteiger partial charge in [-0.05, 0) is 44.5 Å². The van der Waals surface area contributed by atoms with E-state index in [-0.39, 0.29) is 23.3 Å². The zero-order valence-electron chi connectivity index (χ0n) is 15.2. The first-order valence-corrected chi connectivity index (χ1v) is 8.87. The molecule has 0 radical (unpaired) electrons. The quantitative estimate of drug-likeness (QED) is 0.282. The molecule has 0 aliphatic heterocycles. The van der Waals surface area contributed by atoms with Crippen LogP contribution in [0.3, 0.4) is 0 Å². The first-order valence-electron chi connectivity index (χ1n) is 7.99. The SMILES string of the molecule is COCCNC(=O)[C@@H](C)OC(=O)CCc1c(C)nc(SC(F)F)nc1C. The van der Waals surface area contributed by atoms with Crippen molar-refractivity contribution in [3.8, 4) is 0 Å². The summed E-state index contributed by atoms with van der Waals surface area (Å²) in [5.74, 6) is -3.53. The topological polar surface area (TPSA) is 90.4 Å². The van der Waals surface area contributed by atoms with Crippen molar-refractivity contribution < 1.29 is 27.8 Å². The van der Waals surface area contributed by atoms with E-state index in [0.717, 1.165) is 0 Å². The Balaban J connectivity index is 2.55. The first kappa shape index (κ1) is 22.2. The number of aryl methyl sites for hydroxylation is 2. The van der Waals surface area contributed by atoms with Crippen molar-refractivity contribution in [3.05, 3.63) is 17.0 Å². The fourth-order valence-corrected chi connectivity index (χ4v) is 2.70. The molecule has 0 aliphatic carbocycles. The molecule has 1 aromatic heterocycles. The van der Waals surface area contributed by atoms with Crippen molar-refractivity contribution >= 4 is 23.6 Å². The highest BCUT2D eigenvalue weighted by atomic mass is 32.2. The summed E-state index contributed by atoms with van der Waals surface area (Å²) in [6.45, 7) is 5.53. The van der Waals surface area contributed by atoms with Gasteiger partial charge in [-0.2, -0.15) is 8.78 Å². The van der Waals surface area contributed by atoms with Crippen LogP contribution in [0.25, 0.3) is 0 Å². The minimum absolute atomic E-state index is 0.00248. The van der Waals surface area contributed by atoms with Crippen molar-refractivity contribution in [2.24, 2.45) is 0 Å². The number of carbonyl (C=O) groups is 2. The largest absolute Gasteiger partial charge is 0.453 e. The Morgan fingerprint density at radius 2 is 1.85 bits per heavy atom. The highest BCUT2D eigenvalue weighted by Crippen LogP contribution is 2.24. The summed E-state index contributed by atoms with van der Waals surface area (Å²) in [7, 11) is 1.52. The van der Waals surface area contributed by atoms with Crippen molar-refractivity contribution in [1.29, 1.82) is 0 Å². The third-order valence-electron chi connectivity index (χ3n) is 3.46. The van der Waals surface area contributed by atoms with Crippen LogP contribution in [0.2, 0.25) is 0 Å². The number of thioether (sulfide) groups is 1. The average Bonchev–Trinajstić information content (AvgIpc) is 2.53. The Bertz CT molecular complexity index is 609. The molecule has 0 spiro atoms. The van der Waals surface area contributed by atoms with E-state index in [4.69, 9.17) is 9.47 Å². The fraction of sp³-hybridized carbons (Fsp3) is 0.625. The number of rotatable bonds is 10. The van der Waals surface area contributed by atoms with E-state index in [1.54, 1.807) is 13.8 Å². The van der Waals surface area contributed by atoms with Crippen LogP contribution in [0.5, 0.6) is 0 Å². The minimum atomic E-state index is -2.59. The molecule has 1 N–H and O–H groups in total. The summed E-state index contributed by atoms with van der Waals surface area (Å²) in [6, 6.07) is 0. The molecule has 1 heterocycles. The molecular formula is C16H23F2N3O4S. The molecule has 0 bridgehead atoms. The van der Waals surface area contributed by atoms with Gasteiger partial charge < -0.3 is 14.8 Å². The van der Waals surface area contributed by atoms with E-state index < -0.39 is 23.7 Å². The molecule has 0 fully saturated rings. The van der Waals surface area contributed by atoms with Gasteiger partial charge in [0.05, 0.1) is 6.61 Å². The standard InChI is InChI=1S/C16H23F2N3O4S/c1-9-12(10(2)21-16(20-9)26-15(17)18)5-6-13(22)25-11(3)14(23)19-7-8-24-4/h11,15H,5-8H2,1-4H3,(H,19,23)/t11-/m1/s1. The van der Waals surface area contributed by atoms with Gasteiger partial charge in [0.25, 0.3) is 11.7 Å². The second-order valence-electron chi connectivity index (χ2n) is 5.45. The number of carbonyl (C=O) groups excluding carboxylic acids is 2. The summed E-state index contributed by atoms with van der Waals surface area (Å²) in [6.07, 6.45) is -0.585. The maximum absolute atomic E-state index is 12.4. The van der Waals surface area contributed by atoms with E-state index in [2.05, 4.69) is 15.3 Å². The van der Waals surface area contributed by atoms with Crippen LogP contribution in [-0.2, 0) is 25.5 Å². The summed E-state index contributed by atoms with van der Waals surface area (Å²) in [5, 5.41) is 2.58. The van der Waals surface area contributed by atoms with Crippen molar-refractivity contribution in [2.75, 3.05) is 20.3 Å². The molecule has 1 rings (SSSR count). The number of aromatic nitrogens is 2. The van der Waals surface area contributed by atoms with Crippen molar-refractivity contribution in [1.82, 2.24) is 15.3 Å². The fourth-order valence-electron chi connectivity index (χ4n) is 2.16. The van der Waals surface area contributed by atoms with Crippen LogP contribution in [0, 0.1) is 13.8 Å². The number of nitrogens with zero attached hydrogens (tertiary/aromatic N) is 2. The molecule has 0 aromatic carbocycles. The number of esters is 1. The monoisotopic (exact) mass is 391 g/mol. The Morgan fingerprint density at radius 3 is 2.38 bits per heavy atom. The first-order chi connectivity index (χ1) is 12.2. The average molecular weight is 391 g/mol. The zero-order valence-corrected chi connectivity index (χ0v) is 16.0. The Labute approximate surface area is 155 Å². The third-order valence-corrected chi connectivity index (χ3v) is 4.03.